The smallest absolute Gasteiger partial charge is 0.145 e. The maximum Gasteiger partial charge on any atom is 0.145 e. The van der Waals surface area contributed by atoms with Crippen molar-refractivity contribution in [2.24, 2.45) is 0 Å². The fraction of sp³-hybridized carbons (Fsp3) is 0.171. The number of pyridine rings is 2. The molecule has 4 aromatic carbocycles. The van der Waals surface area contributed by atoms with E-state index in [-0.39, 0.29) is 10.8 Å². The monoisotopic (exact) mass is 598 g/mol. The fourth-order valence-electron chi connectivity index (χ4n) is 7.43. The number of fused-ring (bicyclic) bond motifs is 8. The second-order valence-electron chi connectivity index (χ2n) is 14.0. The van der Waals surface area contributed by atoms with Gasteiger partial charge in [0.15, 0.2) is 0 Å². The molecule has 5 heteroatoms. The molecule has 0 aliphatic carbocycles. The summed E-state index contributed by atoms with van der Waals surface area (Å²) in [6.45, 7) is 11.6. The molecule has 0 unspecified atom stereocenters. The standard InChI is InChI=1S/C41H34N4O/c1-40(2,3)25-21-31-29-12-10-20-43-39(29)45-36-24-27(15-17-32(36)41(4,5)33(22-25)38(31)45)46-26-16-18-35-30(23-26)28-11-6-7-13-34(28)44(35)37-14-8-9-19-42-37/h6-24H,1-5H3. The first-order valence-electron chi connectivity index (χ1n) is 15.9. The first-order chi connectivity index (χ1) is 22.2. The number of benzene rings is 4. The number of ether oxygens (including phenoxy) is 1. The molecular weight excluding hydrogens is 564 g/mol. The van der Waals surface area contributed by atoms with Crippen LogP contribution < -0.4 is 4.74 Å². The van der Waals surface area contributed by atoms with Gasteiger partial charge in [0.25, 0.3) is 0 Å². The predicted octanol–water partition coefficient (Wildman–Crippen LogP) is 10.4. The Balaban J connectivity index is 1.21. The van der Waals surface area contributed by atoms with E-state index in [4.69, 9.17) is 9.72 Å². The first-order valence-corrected chi connectivity index (χ1v) is 15.9. The van der Waals surface area contributed by atoms with Gasteiger partial charge in [-0.25, -0.2) is 9.97 Å². The molecule has 5 heterocycles. The Morgan fingerprint density at radius 1 is 0.609 bits per heavy atom. The van der Waals surface area contributed by atoms with Gasteiger partial charge in [0.1, 0.15) is 23.0 Å². The molecule has 0 saturated carbocycles. The van der Waals surface area contributed by atoms with Crippen molar-refractivity contribution < 1.29 is 4.74 Å². The van der Waals surface area contributed by atoms with E-state index in [0.717, 1.165) is 45.1 Å². The molecule has 0 radical (unpaired) electrons. The Morgan fingerprint density at radius 3 is 2.17 bits per heavy atom. The number of rotatable bonds is 3. The lowest BCUT2D eigenvalue weighted by Crippen LogP contribution is -2.27. The summed E-state index contributed by atoms with van der Waals surface area (Å²) in [5.41, 5.74) is 9.30. The lowest BCUT2D eigenvalue weighted by molar-refractivity contribution is 0.482. The molecule has 8 aromatic rings. The van der Waals surface area contributed by atoms with E-state index in [1.165, 1.54) is 38.4 Å². The van der Waals surface area contributed by atoms with E-state index in [1.54, 1.807) is 0 Å². The van der Waals surface area contributed by atoms with E-state index in [0.29, 0.717) is 0 Å². The molecule has 5 nitrogen and oxygen atoms in total. The van der Waals surface area contributed by atoms with Crippen LogP contribution in [0, 0.1) is 0 Å². The van der Waals surface area contributed by atoms with Crippen LogP contribution in [-0.2, 0) is 10.8 Å². The van der Waals surface area contributed by atoms with Crippen molar-refractivity contribution in [3.63, 3.8) is 0 Å². The molecule has 4 aromatic heterocycles. The summed E-state index contributed by atoms with van der Waals surface area (Å²) in [4.78, 5) is 9.58. The topological polar surface area (TPSA) is 44.9 Å². The lowest BCUT2D eigenvalue weighted by atomic mass is 9.72. The van der Waals surface area contributed by atoms with Crippen molar-refractivity contribution in [2.45, 2.75) is 45.4 Å². The zero-order valence-electron chi connectivity index (χ0n) is 26.7. The Hall–Kier alpha value is -5.42. The zero-order valence-corrected chi connectivity index (χ0v) is 26.7. The quantitative estimate of drug-likeness (QED) is 0.203. The molecule has 1 aliphatic heterocycles. The van der Waals surface area contributed by atoms with Crippen LogP contribution in [0.3, 0.4) is 0 Å². The van der Waals surface area contributed by atoms with Crippen LogP contribution in [0.4, 0.5) is 0 Å². The second-order valence-corrected chi connectivity index (χ2v) is 14.0. The highest BCUT2D eigenvalue weighted by atomic mass is 16.5. The third kappa shape index (κ3) is 3.75. The van der Waals surface area contributed by atoms with Crippen LogP contribution in [0.1, 0.15) is 51.3 Å². The minimum absolute atomic E-state index is 0.0282. The highest BCUT2D eigenvalue weighted by molar-refractivity contribution is 6.11. The van der Waals surface area contributed by atoms with Crippen LogP contribution in [-0.4, -0.2) is 19.1 Å². The molecule has 0 saturated heterocycles. The fourth-order valence-corrected chi connectivity index (χ4v) is 7.43. The van der Waals surface area contributed by atoms with Gasteiger partial charge in [-0.15, -0.1) is 0 Å². The Kier molecular flexibility index (Phi) is 5.45. The van der Waals surface area contributed by atoms with E-state index in [9.17, 15) is 0 Å². The highest BCUT2D eigenvalue weighted by Gasteiger charge is 2.37. The van der Waals surface area contributed by atoms with Gasteiger partial charge in [0.05, 0.1) is 22.2 Å². The third-order valence-corrected chi connectivity index (χ3v) is 9.80. The van der Waals surface area contributed by atoms with Gasteiger partial charge in [0, 0.05) is 45.4 Å². The largest absolute Gasteiger partial charge is 0.457 e. The minimum Gasteiger partial charge on any atom is -0.457 e. The van der Waals surface area contributed by atoms with Crippen LogP contribution in [0.5, 0.6) is 11.5 Å². The van der Waals surface area contributed by atoms with Crippen LogP contribution in [0.25, 0.3) is 55.2 Å². The summed E-state index contributed by atoms with van der Waals surface area (Å²) in [5.74, 6) is 2.49. The molecule has 0 bridgehead atoms. The van der Waals surface area contributed by atoms with Gasteiger partial charge in [-0.1, -0.05) is 71.0 Å². The maximum atomic E-state index is 6.66. The van der Waals surface area contributed by atoms with Crippen LogP contribution in [0.2, 0.25) is 0 Å². The zero-order chi connectivity index (χ0) is 31.4. The van der Waals surface area contributed by atoms with Crippen molar-refractivity contribution >= 4 is 43.7 Å². The van der Waals surface area contributed by atoms with Gasteiger partial charge in [-0.3, -0.25) is 9.13 Å². The second kappa shape index (κ2) is 9.30. The van der Waals surface area contributed by atoms with E-state index >= 15 is 0 Å². The predicted molar refractivity (Wildman–Crippen MR) is 188 cm³/mol. The minimum atomic E-state index is -0.204. The molecule has 46 heavy (non-hydrogen) atoms. The molecule has 1 aliphatic rings. The Bertz CT molecular complexity index is 2510. The molecule has 0 N–H and O–H groups in total. The number of para-hydroxylation sites is 1. The van der Waals surface area contributed by atoms with Gasteiger partial charge < -0.3 is 4.74 Å². The molecule has 0 fully saturated rings. The van der Waals surface area contributed by atoms with Crippen molar-refractivity contribution in [1.82, 2.24) is 19.1 Å². The van der Waals surface area contributed by atoms with Gasteiger partial charge >= 0.3 is 0 Å². The van der Waals surface area contributed by atoms with Crippen LogP contribution in [0.15, 0.2) is 116 Å². The van der Waals surface area contributed by atoms with Crippen molar-refractivity contribution in [3.8, 4) is 23.0 Å². The van der Waals surface area contributed by atoms with Crippen molar-refractivity contribution in [1.29, 1.82) is 0 Å². The number of aromatic nitrogens is 4. The lowest BCUT2D eigenvalue weighted by Gasteiger charge is -2.36. The Labute approximate surface area is 267 Å². The maximum absolute atomic E-state index is 6.66. The summed E-state index contributed by atoms with van der Waals surface area (Å²) in [6, 6.07) is 36.4. The van der Waals surface area contributed by atoms with Crippen molar-refractivity contribution in [2.75, 3.05) is 0 Å². The molecule has 9 rings (SSSR count). The van der Waals surface area contributed by atoms with Crippen molar-refractivity contribution in [3.05, 3.63) is 132 Å². The van der Waals surface area contributed by atoms with Crippen LogP contribution >= 0.6 is 0 Å². The summed E-state index contributed by atoms with van der Waals surface area (Å²) < 4.78 is 11.2. The number of hydrogen-bond acceptors (Lipinski definition) is 3. The summed E-state index contributed by atoms with van der Waals surface area (Å²) in [5, 5.41) is 4.72. The molecule has 0 amide bonds. The molecule has 224 valence electrons. The third-order valence-electron chi connectivity index (χ3n) is 9.80. The highest BCUT2D eigenvalue weighted by Crippen LogP contribution is 2.49. The molecular formula is C41H34N4O. The normalized spacial score (nSPS) is 13.9. The summed E-state index contributed by atoms with van der Waals surface area (Å²) in [6.07, 6.45) is 3.73. The SMILES string of the molecule is CC(C)(C)c1cc2c3c(c1)c1cccnc1n3-c1cc(Oc3ccc4c(c3)c3ccccc3n4-c3ccccn3)ccc1C2(C)C. The van der Waals surface area contributed by atoms with E-state index < -0.39 is 0 Å². The van der Waals surface area contributed by atoms with Gasteiger partial charge in [-0.05, 0) is 82.8 Å². The number of nitrogens with zero attached hydrogens (tertiary/aromatic N) is 4. The van der Waals surface area contributed by atoms with E-state index in [2.05, 4.69) is 128 Å². The average Bonchev–Trinajstić information content (AvgIpc) is 3.56. The number of hydrogen-bond donors (Lipinski definition) is 0. The van der Waals surface area contributed by atoms with Gasteiger partial charge in [0.2, 0.25) is 0 Å². The van der Waals surface area contributed by atoms with E-state index in [1.807, 2.05) is 36.7 Å². The molecule has 0 atom stereocenters. The van der Waals surface area contributed by atoms with Gasteiger partial charge in [-0.2, -0.15) is 0 Å². The first kappa shape index (κ1) is 26.9. The molecule has 0 spiro atoms. The average molecular weight is 599 g/mol. The summed E-state index contributed by atoms with van der Waals surface area (Å²) >= 11 is 0. The Morgan fingerprint density at radius 2 is 1.35 bits per heavy atom. The summed E-state index contributed by atoms with van der Waals surface area (Å²) in [7, 11) is 0.